The maximum atomic E-state index is 12.5. The molecule has 1 aliphatic heterocycles. The Morgan fingerprint density at radius 1 is 1.12 bits per heavy atom. The number of hydrazone groups is 1. The largest absolute Gasteiger partial charge is 0.296 e. The fourth-order valence-corrected chi connectivity index (χ4v) is 2.27. The summed E-state index contributed by atoms with van der Waals surface area (Å²) in [6.45, 7) is 1.67. The smallest absolute Gasteiger partial charge is 0.269 e. The van der Waals surface area contributed by atoms with E-state index in [9.17, 15) is 14.9 Å². The van der Waals surface area contributed by atoms with Crippen LogP contribution in [0.4, 0.5) is 17.1 Å². The monoisotopic (exact) mass is 323 g/mol. The Kier molecular flexibility index (Phi) is 4.11. The molecule has 24 heavy (non-hydrogen) atoms. The van der Waals surface area contributed by atoms with Crippen LogP contribution in [0.2, 0.25) is 0 Å². The van der Waals surface area contributed by atoms with E-state index in [0.29, 0.717) is 11.4 Å². The molecule has 0 aliphatic carbocycles. The van der Waals surface area contributed by atoms with Gasteiger partial charge in [0.2, 0.25) is 0 Å². The van der Waals surface area contributed by atoms with Gasteiger partial charge in [0.25, 0.3) is 11.6 Å². The van der Waals surface area contributed by atoms with Gasteiger partial charge in [-0.15, -0.1) is 5.11 Å². The Morgan fingerprint density at radius 2 is 1.79 bits per heavy atom. The van der Waals surface area contributed by atoms with E-state index in [-0.39, 0.29) is 17.3 Å². The molecule has 0 unspecified atom stereocenters. The standard InChI is InChI=1S/C16H13N5O3/c1-11-15(16(22)20(19-11)12-7-3-2-4-8-12)18-17-13-9-5-6-10-14(13)21(23)24/h2-10,15H,1H3/t15-/m1/s1. The minimum absolute atomic E-state index is 0.0984. The highest BCUT2D eigenvalue weighted by molar-refractivity contribution is 6.18. The highest BCUT2D eigenvalue weighted by atomic mass is 16.6. The molecule has 0 saturated heterocycles. The maximum Gasteiger partial charge on any atom is 0.296 e. The lowest BCUT2D eigenvalue weighted by molar-refractivity contribution is -0.384. The highest BCUT2D eigenvalue weighted by Gasteiger charge is 2.34. The highest BCUT2D eigenvalue weighted by Crippen LogP contribution is 2.28. The van der Waals surface area contributed by atoms with E-state index in [1.165, 1.54) is 17.1 Å². The molecular weight excluding hydrogens is 310 g/mol. The fourth-order valence-electron chi connectivity index (χ4n) is 2.27. The lowest BCUT2D eigenvalue weighted by atomic mass is 10.2. The van der Waals surface area contributed by atoms with Crippen molar-refractivity contribution < 1.29 is 9.72 Å². The molecule has 0 bridgehead atoms. The van der Waals surface area contributed by atoms with Gasteiger partial charge in [-0.05, 0) is 25.1 Å². The van der Waals surface area contributed by atoms with Crippen LogP contribution < -0.4 is 5.01 Å². The molecule has 1 amide bonds. The predicted molar refractivity (Wildman–Crippen MR) is 88.4 cm³/mol. The molecule has 8 heteroatoms. The number of amides is 1. The Bertz CT molecular complexity index is 848. The van der Waals surface area contributed by atoms with E-state index in [1.807, 2.05) is 6.07 Å². The number of benzene rings is 2. The molecule has 0 fully saturated rings. The third-order valence-corrected chi connectivity index (χ3v) is 3.46. The Morgan fingerprint density at radius 3 is 2.50 bits per heavy atom. The van der Waals surface area contributed by atoms with Crippen molar-refractivity contribution in [1.29, 1.82) is 0 Å². The maximum absolute atomic E-state index is 12.5. The molecule has 1 aliphatic rings. The lowest BCUT2D eigenvalue weighted by Crippen LogP contribution is -2.29. The third-order valence-electron chi connectivity index (χ3n) is 3.46. The molecule has 3 rings (SSSR count). The van der Waals surface area contributed by atoms with Gasteiger partial charge in [-0.3, -0.25) is 14.9 Å². The summed E-state index contributed by atoms with van der Waals surface area (Å²) < 4.78 is 0. The molecule has 0 aromatic heterocycles. The fraction of sp³-hybridized carbons (Fsp3) is 0.125. The van der Waals surface area contributed by atoms with Crippen LogP contribution in [0.25, 0.3) is 0 Å². The van der Waals surface area contributed by atoms with E-state index in [1.54, 1.807) is 43.3 Å². The first-order chi connectivity index (χ1) is 11.6. The molecule has 0 saturated carbocycles. The van der Waals surface area contributed by atoms with E-state index in [0.717, 1.165) is 0 Å². The van der Waals surface area contributed by atoms with Crippen LogP contribution >= 0.6 is 0 Å². The number of anilines is 1. The first-order valence-corrected chi connectivity index (χ1v) is 7.16. The number of azo groups is 1. The van der Waals surface area contributed by atoms with Gasteiger partial charge in [-0.2, -0.15) is 15.2 Å². The molecule has 120 valence electrons. The SMILES string of the molecule is CC1=NN(c2ccccc2)C(=O)[C@@H]1N=Nc1ccccc1[N+](=O)[O-]. The number of rotatable bonds is 4. The second kappa shape index (κ2) is 6.37. The molecule has 0 radical (unpaired) electrons. The van der Waals surface area contributed by atoms with Crippen LogP contribution in [0, 0.1) is 10.1 Å². The summed E-state index contributed by atoms with van der Waals surface area (Å²) >= 11 is 0. The number of carbonyl (C=O) groups is 1. The number of hydrogen-bond donors (Lipinski definition) is 0. The Labute approximate surface area is 137 Å². The summed E-state index contributed by atoms with van der Waals surface area (Å²) in [4.78, 5) is 22.9. The zero-order chi connectivity index (χ0) is 17.1. The molecule has 1 heterocycles. The van der Waals surface area contributed by atoms with Gasteiger partial charge in [-0.1, -0.05) is 30.3 Å². The van der Waals surface area contributed by atoms with Gasteiger partial charge in [0.15, 0.2) is 11.7 Å². The van der Waals surface area contributed by atoms with Crippen molar-refractivity contribution in [3.63, 3.8) is 0 Å². The summed E-state index contributed by atoms with van der Waals surface area (Å²) in [6, 6.07) is 14.1. The van der Waals surface area contributed by atoms with Crippen LogP contribution in [0.1, 0.15) is 6.92 Å². The Hall–Kier alpha value is -3.42. The van der Waals surface area contributed by atoms with Crippen molar-refractivity contribution in [2.45, 2.75) is 13.0 Å². The van der Waals surface area contributed by atoms with Gasteiger partial charge in [0, 0.05) is 6.07 Å². The predicted octanol–water partition coefficient (Wildman–Crippen LogP) is 3.47. The number of nitrogens with zero attached hydrogens (tertiary/aromatic N) is 5. The summed E-state index contributed by atoms with van der Waals surface area (Å²) in [6.07, 6.45) is 0. The second-order valence-electron chi connectivity index (χ2n) is 5.09. The van der Waals surface area contributed by atoms with Gasteiger partial charge >= 0.3 is 0 Å². The molecule has 2 aromatic rings. The number of para-hydroxylation sites is 2. The van der Waals surface area contributed by atoms with E-state index < -0.39 is 11.0 Å². The van der Waals surface area contributed by atoms with Crippen molar-refractivity contribution in [3.8, 4) is 0 Å². The summed E-state index contributed by atoms with van der Waals surface area (Å²) in [5.74, 6) is -0.346. The minimum atomic E-state index is -0.884. The molecular formula is C16H13N5O3. The first kappa shape index (κ1) is 15.5. The Balaban J connectivity index is 1.86. The van der Waals surface area contributed by atoms with Crippen molar-refractivity contribution in [2.24, 2.45) is 15.3 Å². The van der Waals surface area contributed by atoms with Crippen LogP contribution in [0.3, 0.4) is 0 Å². The van der Waals surface area contributed by atoms with Crippen molar-refractivity contribution in [1.82, 2.24) is 0 Å². The van der Waals surface area contributed by atoms with Crippen molar-refractivity contribution in [2.75, 3.05) is 5.01 Å². The molecule has 0 spiro atoms. The molecule has 0 N–H and O–H groups in total. The topological polar surface area (TPSA) is 101 Å². The number of nitro benzene ring substituents is 1. The van der Waals surface area contributed by atoms with E-state index >= 15 is 0 Å². The van der Waals surface area contributed by atoms with E-state index in [4.69, 9.17) is 0 Å². The molecule has 2 aromatic carbocycles. The van der Waals surface area contributed by atoms with E-state index in [2.05, 4.69) is 15.3 Å². The summed E-state index contributed by atoms with van der Waals surface area (Å²) in [7, 11) is 0. The summed E-state index contributed by atoms with van der Waals surface area (Å²) in [5, 5.41) is 24.3. The van der Waals surface area contributed by atoms with Crippen LogP contribution in [0.5, 0.6) is 0 Å². The second-order valence-corrected chi connectivity index (χ2v) is 5.09. The minimum Gasteiger partial charge on any atom is -0.269 e. The zero-order valence-electron chi connectivity index (χ0n) is 12.7. The number of carbonyl (C=O) groups excluding carboxylic acids is 1. The van der Waals surface area contributed by atoms with Gasteiger partial charge in [0.1, 0.15) is 0 Å². The summed E-state index contributed by atoms with van der Waals surface area (Å²) in [5.41, 5.74) is 1.04. The van der Waals surface area contributed by atoms with Crippen LogP contribution in [0.15, 0.2) is 69.9 Å². The third kappa shape index (κ3) is 2.89. The average Bonchev–Trinajstić information content (AvgIpc) is 2.88. The van der Waals surface area contributed by atoms with Crippen molar-refractivity contribution >= 4 is 28.7 Å². The normalized spacial score (nSPS) is 17.4. The molecule has 1 atom stereocenters. The number of hydrogen-bond acceptors (Lipinski definition) is 6. The van der Waals surface area contributed by atoms with Gasteiger partial charge in [-0.25, -0.2) is 0 Å². The van der Waals surface area contributed by atoms with Gasteiger partial charge < -0.3 is 0 Å². The first-order valence-electron chi connectivity index (χ1n) is 7.16. The number of nitro groups is 1. The van der Waals surface area contributed by atoms with Crippen molar-refractivity contribution in [3.05, 3.63) is 64.7 Å². The van der Waals surface area contributed by atoms with Crippen LogP contribution in [-0.2, 0) is 4.79 Å². The lowest BCUT2D eigenvalue weighted by Gasteiger charge is -2.11. The van der Waals surface area contributed by atoms with Gasteiger partial charge in [0.05, 0.1) is 16.3 Å². The quantitative estimate of drug-likeness (QED) is 0.489. The van der Waals surface area contributed by atoms with Crippen LogP contribution in [-0.4, -0.2) is 22.6 Å². The molecule has 8 nitrogen and oxygen atoms in total. The average molecular weight is 323 g/mol. The zero-order valence-corrected chi connectivity index (χ0v) is 12.7.